The number of piperazine rings is 1. The van der Waals surface area contributed by atoms with Crippen molar-refractivity contribution >= 4 is 28.1 Å². The molecule has 0 spiro atoms. The molecule has 5 heteroatoms. The number of anilines is 2. The summed E-state index contributed by atoms with van der Waals surface area (Å²) in [6, 6.07) is 19.3. The van der Waals surface area contributed by atoms with E-state index in [1.54, 1.807) is 0 Å². The van der Waals surface area contributed by atoms with Crippen molar-refractivity contribution in [3.8, 4) is 0 Å². The van der Waals surface area contributed by atoms with Crippen molar-refractivity contribution in [1.82, 2.24) is 9.88 Å². The summed E-state index contributed by atoms with van der Waals surface area (Å²) in [5, 5.41) is 5.01. The lowest BCUT2D eigenvalue weighted by molar-refractivity contribution is -0.130. The number of fused-ring (bicyclic) bond motifs is 2. The molecule has 2 aromatic carbocycles. The molecule has 3 aromatic rings. The van der Waals surface area contributed by atoms with Crippen LogP contribution in [0, 0.1) is 5.92 Å². The van der Waals surface area contributed by atoms with Gasteiger partial charge >= 0.3 is 0 Å². The van der Waals surface area contributed by atoms with E-state index in [4.69, 9.17) is 0 Å². The predicted octanol–water partition coefficient (Wildman–Crippen LogP) is 5.30. The van der Waals surface area contributed by atoms with Gasteiger partial charge in [0.15, 0.2) is 5.78 Å². The first kappa shape index (κ1) is 22.5. The molecule has 0 bridgehead atoms. The van der Waals surface area contributed by atoms with Crippen molar-refractivity contribution in [2.75, 3.05) is 36.4 Å². The summed E-state index contributed by atoms with van der Waals surface area (Å²) < 4.78 is 0. The van der Waals surface area contributed by atoms with E-state index in [-0.39, 0.29) is 18.0 Å². The first-order chi connectivity index (χ1) is 17.3. The Balaban J connectivity index is 1.23. The van der Waals surface area contributed by atoms with Crippen LogP contribution in [0.5, 0.6) is 0 Å². The number of hydrogen-bond acceptors (Lipinski definition) is 5. The van der Waals surface area contributed by atoms with Gasteiger partial charge in [0.05, 0.1) is 11.6 Å². The predicted molar refractivity (Wildman–Crippen MR) is 143 cm³/mol. The number of hydrogen-bond donors (Lipinski definition) is 1. The number of carbonyl (C=O) groups is 1. The van der Waals surface area contributed by atoms with Gasteiger partial charge in [0, 0.05) is 61.1 Å². The maximum atomic E-state index is 14.0. The Bertz CT molecular complexity index is 1170. The van der Waals surface area contributed by atoms with Gasteiger partial charge in [-0.25, -0.2) is 0 Å². The van der Waals surface area contributed by atoms with Crippen LogP contribution in [0.25, 0.3) is 10.9 Å². The van der Waals surface area contributed by atoms with E-state index in [0.29, 0.717) is 5.78 Å². The summed E-state index contributed by atoms with van der Waals surface area (Å²) >= 11 is 0. The number of carbonyl (C=O) groups excluding carboxylic acids is 1. The standard InChI is InChI=1S/C30H36N4O/c35-30(23-9-2-1-3-10-23)29(27-15-14-22-8-4-6-12-25(22)32-27)34-20-18-33(19-21-34)28-16-17-31-26-13-7-5-11-24(26)28/h4-8,11-13,16-17,23,27,29,32H,1-3,9-10,14-15,18-21H2. The summed E-state index contributed by atoms with van der Waals surface area (Å²) in [7, 11) is 0. The van der Waals surface area contributed by atoms with E-state index in [1.807, 2.05) is 12.3 Å². The minimum atomic E-state index is -0.0391. The highest BCUT2D eigenvalue weighted by Gasteiger charge is 2.40. The summed E-state index contributed by atoms with van der Waals surface area (Å²) in [5.41, 5.74) is 4.90. The minimum Gasteiger partial charge on any atom is -0.380 e. The number of nitrogens with zero attached hydrogens (tertiary/aromatic N) is 3. The van der Waals surface area contributed by atoms with E-state index in [1.165, 1.54) is 41.6 Å². The number of aromatic nitrogens is 1. The van der Waals surface area contributed by atoms with Crippen LogP contribution in [0.1, 0.15) is 44.1 Å². The number of rotatable bonds is 5. The zero-order valence-electron chi connectivity index (χ0n) is 20.5. The van der Waals surface area contributed by atoms with Crippen LogP contribution >= 0.6 is 0 Å². The van der Waals surface area contributed by atoms with Crippen LogP contribution < -0.4 is 10.2 Å². The van der Waals surface area contributed by atoms with Gasteiger partial charge in [-0.2, -0.15) is 0 Å². The number of benzene rings is 2. The lowest BCUT2D eigenvalue weighted by Gasteiger charge is -2.45. The Labute approximate surface area is 208 Å². The largest absolute Gasteiger partial charge is 0.380 e. The van der Waals surface area contributed by atoms with Crippen molar-refractivity contribution in [1.29, 1.82) is 0 Å². The Kier molecular flexibility index (Phi) is 6.43. The molecule has 182 valence electrons. The second-order valence-electron chi connectivity index (χ2n) is 10.5. The minimum absolute atomic E-state index is 0.0391. The molecular formula is C30H36N4O. The third kappa shape index (κ3) is 4.54. The van der Waals surface area contributed by atoms with Crippen LogP contribution in [0.15, 0.2) is 60.8 Å². The lowest BCUT2D eigenvalue weighted by atomic mass is 9.80. The molecule has 2 unspecified atom stereocenters. The van der Waals surface area contributed by atoms with Gasteiger partial charge in [-0.05, 0) is 49.4 Å². The van der Waals surface area contributed by atoms with Crippen molar-refractivity contribution in [3.63, 3.8) is 0 Å². The highest BCUT2D eigenvalue weighted by molar-refractivity contribution is 5.91. The molecule has 1 saturated heterocycles. The molecule has 1 N–H and O–H groups in total. The number of pyridine rings is 1. The van der Waals surface area contributed by atoms with Crippen molar-refractivity contribution < 1.29 is 4.79 Å². The highest BCUT2D eigenvalue weighted by Crippen LogP contribution is 2.33. The number of Topliss-reactive ketones (excluding diaryl/α,β-unsaturated/α-hetero) is 1. The van der Waals surface area contributed by atoms with E-state index in [9.17, 15) is 4.79 Å². The number of aryl methyl sites for hydroxylation is 1. The van der Waals surface area contributed by atoms with Gasteiger partial charge in [-0.3, -0.25) is 14.7 Å². The molecule has 6 rings (SSSR count). The van der Waals surface area contributed by atoms with Gasteiger partial charge in [0.1, 0.15) is 0 Å². The SMILES string of the molecule is O=C(C1CCCCC1)C(C1CCc2ccccc2N1)N1CCN(c2ccnc3ccccc23)CC1. The van der Waals surface area contributed by atoms with Gasteiger partial charge in [-0.15, -0.1) is 0 Å². The number of para-hydroxylation sites is 2. The average molecular weight is 469 g/mol. The zero-order valence-corrected chi connectivity index (χ0v) is 20.5. The van der Waals surface area contributed by atoms with Crippen LogP contribution in [-0.4, -0.2) is 53.9 Å². The van der Waals surface area contributed by atoms with E-state index >= 15 is 0 Å². The third-order valence-corrected chi connectivity index (χ3v) is 8.44. The molecule has 1 aromatic heterocycles. The Morgan fingerprint density at radius 3 is 2.51 bits per heavy atom. The van der Waals surface area contributed by atoms with Gasteiger partial charge in [-0.1, -0.05) is 55.7 Å². The molecule has 0 radical (unpaired) electrons. The smallest absolute Gasteiger partial charge is 0.155 e. The van der Waals surface area contributed by atoms with Gasteiger partial charge in [0.25, 0.3) is 0 Å². The van der Waals surface area contributed by atoms with E-state index in [0.717, 1.165) is 57.4 Å². The maximum absolute atomic E-state index is 14.0. The summed E-state index contributed by atoms with van der Waals surface area (Å²) in [5.74, 6) is 0.722. The second kappa shape index (κ2) is 9.98. The van der Waals surface area contributed by atoms with E-state index < -0.39 is 0 Å². The Hall–Kier alpha value is -2.92. The van der Waals surface area contributed by atoms with Gasteiger partial charge in [0.2, 0.25) is 0 Å². The Morgan fingerprint density at radius 2 is 1.66 bits per heavy atom. The monoisotopic (exact) mass is 468 g/mol. The molecular weight excluding hydrogens is 432 g/mol. The second-order valence-corrected chi connectivity index (χ2v) is 10.5. The first-order valence-corrected chi connectivity index (χ1v) is 13.5. The lowest BCUT2D eigenvalue weighted by Crippen LogP contribution is -2.60. The first-order valence-electron chi connectivity index (χ1n) is 13.5. The van der Waals surface area contributed by atoms with Gasteiger partial charge < -0.3 is 10.2 Å². The van der Waals surface area contributed by atoms with Crippen LogP contribution in [-0.2, 0) is 11.2 Å². The summed E-state index contributed by atoms with van der Waals surface area (Å²) in [4.78, 5) is 23.6. The number of ketones is 1. The van der Waals surface area contributed by atoms with Crippen molar-refractivity contribution in [2.45, 2.75) is 57.0 Å². The van der Waals surface area contributed by atoms with Crippen LogP contribution in [0.2, 0.25) is 0 Å². The highest BCUT2D eigenvalue weighted by atomic mass is 16.1. The quantitative estimate of drug-likeness (QED) is 0.551. The molecule has 1 aliphatic carbocycles. The summed E-state index contributed by atoms with van der Waals surface area (Å²) in [6.07, 6.45) is 9.81. The molecule has 3 aliphatic rings. The molecule has 2 atom stereocenters. The fraction of sp³-hybridized carbons (Fsp3) is 0.467. The van der Waals surface area contributed by atoms with E-state index in [2.05, 4.69) is 68.6 Å². The fourth-order valence-corrected chi connectivity index (χ4v) is 6.56. The Morgan fingerprint density at radius 1 is 0.886 bits per heavy atom. The van der Waals surface area contributed by atoms with Crippen molar-refractivity contribution in [3.05, 3.63) is 66.4 Å². The summed E-state index contributed by atoms with van der Waals surface area (Å²) in [6.45, 7) is 3.71. The normalized spacial score (nSPS) is 22.4. The zero-order chi connectivity index (χ0) is 23.6. The number of nitrogens with one attached hydrogen (secondary N) is 1. The maximum Gasteiger partial charge on any atom is 0.155 e. The molecule has 0 amide bonds. The van der Waals surface area contributed by atoms with Crippen molar-refractivity contribution in [2.24, 2.45) is 5.92 Å². The molecule has 5 nitrogen and oxygen atoms in total. The molecule has 35 heavy (non-hydrogen) atoms. The molecule has 2 aliphatic heterocycles. The average Bonchev–Trinajstić information content (AvgIpc) is 2.94. The fourth-order valence-electron chi connectivity index (χ4n) is 6.56. The van der Waals surface area contributed by atoms with Crippen LogP contribution in [0.4, 0.5) is 11.4 Å². The topological polar surface area (TPSA) is 48.5 Å². The van der Waals surface area contributed by atoms with Crippen LogP contribution in [0.3, 0.4) is 0 Å². The third-order valence-electron chi connectivity index (χ3n) is 8.44. The molecule has 1 saturated carbocycles. The molecule has 2 fully saturated rings. The molecule has 3 heterocycles.